The first kappa shape index (κ1) is 14.7. The van der Waals surface area contributed by atoms with Crippen LogP contribution in [0, 0.1) is 5.82 Å². The van der Waals surface area contributed by atoms with Crippen molar-refractivity contribution in [1.82, 2.24) is 4.90 Å². The van der Waals surface area contributed by atoms with Crippen LogP contribution in [-0.4, -0.2) is 29.3 Å². The van der Waals surface area contributed by atoms with Crippen molar-refractivity contribution < 1.29 is 9.18 Å². The van der Waals surface area contributed by atoms with E-state index in [2.05, 4.69) is 20.8 Å². The van der Waals surface area contributed by atoms with Gasteiger partial charge in [-0.15, -0.1) is 0 Å². The molecule has 104 valence electrons. The molecule has 19 heavy (non-hydrogen) atoms. The summed E-state index contributed by atoms with van der Waals surface area (Å²) in [4.78, 5) is 14.7. The Bertz CT molecular complexity index is 481. The molecule has 0 saturated carbocycles. The van der Waals surface area contributed by atoms with Crippen molar-refractivity contribution in [3.63, 3.8) is 0 Å². The molecule has 0 aromatic heterocycles. The van der Waals surface area contributed by atoms with E-state index in [0.717, 1.165) is 30.4 Å². The highest BCUT2D eigenvalue weighted by molar-refractivity contribution is 9.10. The van der Waals surface area contributed by atoms with Crippen molar-refractivity contribution in [3.8, 4) is 0 Å². The zero-order chi connectivity index (χ0) is 14.0. The molecule has 2 rings (SSSR count). The van der Waals surface area contributed by atoms with E-state index in [1.54, 1.807) is 12.1 Å². The van der Waals surface area contributed by atoms with Gasteiger partial charge in [-0.3, -0.25) is 9.69 Å². The summed E-state index contributed by atoms with van der Waals surface area (Å²) in [5.41, 5.74) is -0.0442. The summed E-state index contributed by atoms with van der Waals surface area (Å²) in [6.07, 6.45) is 2.43. The molecule has 1 fully saturated rings. The minimum absolute atomic E-state index is 0.0754. The van der Waals surface area contributed by atoms with Gasteiger partial charge in [0.25, 0.3) is 0 Å². The minimum atomic E-state index is -0.509. The Morgan fingerprint density at radius 1 is 1.37 bits per heavy atom. The van der Waals surface area contributed by atoms with Crippen molar-refractivity contribution in [1.29, 1.82) is 0 Å². The van der Waals surface area contributed by atoms with Gasteiger partial charge in [0.05, 0.1) is 5.54 Å². The molecule has 1 saturated heterocycles. The molecule has 0 bridgehead atoms. The van der Waals surface area contributed by atoms with E-state index in [9.17, 15) is 9.18 Å². The number of rotatable bonds is 4. The minimum Gasteiger partial charge on any atom is -0.297 e. The molecule has 0 atom stereocenters. The topological polar surface area (TPSA) is 20.3 Å². The summed E-state index contributed by atoms with van der Waals surface area (Å²) in [6, 6.07) is 4.73. The molecule has 0 unspecified atom stereocenters. The van der Waals surface area contributed by atoms with Crippen LogP contribution in [0.4, 0.5) is 4.39 Å². The van der Waals surface area contributed by atoms with Crippen LogP contribution in [0.2, 0.25) is 0 Å². The maximum Gasteiger partial charge on any atom is 0.156 e. The number of hydrogen-bond donors (Lipinski definition) is 0. The number of halogens is 2. The summed E-state index contributed by atoms with van der Waals surface area (Å²) in [7, 11) is 0. The molecule has 1 aromatic carbocycles. The highest BCUT2D eigenvalue weighted by atomic mass is 79.9. The fraction of sp³-hybridized carbons (Fsp3) is 0.533. The van der Waals surface area contributed by atoms with Crippen LogP contribution in [-0.2, 0) is 11.2 Å². The van der Waals surface area contributed by atoms with Crippen molar-refractivity contribution in [3.05, 3.63) is 34.1 Å². The van der Waals surface area contributed by atoms with Gasteiger partial charge in [0.2, 0.25) is 0 Å². The fourth-order valence-electron chi connectivity index (χ4n) is 2.52. The van der Waals surface area contributed by atoms with Gasteiger partial charge in [-0.05, 0) is 63.5 Å². The Kier molecular flexibility index (Phi) is 4.41. The lowest BCUT2D eigenvalue weighted by molar-refractivity contribution is -0.128. The molecular weight excluding hydrogens is 309 g/mol. The molecule has 2 nitrogen and oxygen atoms in total. The largest absolute Gasteiger partial charge is 0.297 e. The zero-order valence-electron chi connectivity index (χ0n) is 11.4. The van der Waals surface area contributed by atoms with E-state index in [0.29, 0.717) is 5.56 Å². The van der Waals surface area contributed by atoms with Crippen molar-refractivity contribution in [2.24, 2.45) is 0 Å². The molecule has 0 spiro atoms. The number of likely N-dealkylation sites (tertiary alicyclic amines) is 1. The standard InChI is InChI=1S/C15H19BrFNO/c1-15(2,18-7-3-4-8-18)14(19)10-11-9-12(16)5-6-13(11)17/h5-6,9H,3-4,7-8,10H2,1-2H3. The first-order chi connectivity index (χ1) is 8.91. The molecule has 1 aromatic rings. The normalized spacial score (nSPS) is 16.8. The smallest absolute Gasteiger partial charge is 0.156 e. The lowest BCUT2D eigenvalue weighted by atomic mass is 9.92. The molecule has 1 aliphatic heterocycles. The van der Waals surface area contributed by atoms with E-state index < -0.39 is 5.54 Å². The van der Waals surface area contributed by atoms with Gasteiger partial charge >= 0.3 is 0 Å². The van der Waals surface area contributed by atoms with Crippen LogP contribution in [0.15, 0.2) is 22.7 Å². The molecule has 1 aliphatic rings. The molecular formula is C15H19BrFNO. The second-order valence-electron chi connectivity index (χ2n) is 5.59. The summed E-state index contributed by atoms with van der Waals surface area (Å²) in [6.45, 7) is 5.80. The number of ketones is 1. The monoisotopic (exact) mass is 327 g/mol. The molecule has 0 radical (unpaired) electrons. The van der Waals surface area contributed by atoms with Gasteiger partial charge in [0, 0.05) is 10.9 Å². The van der Waals surface area contributed by atoms with Gasteiger partial charge in [0.1, 0.15) is 5.82 Å². The summed E-state index contributed by atoms with van der Waals surface area (Å²) >= 11 is 3.31. The van der Waals surface area contributed by atoms with Crippen LogP contribution < -0.4 is 0 Å². The van der Waals surface area contributed by atoms with Crippen molar-refractivity contribution in [2.75, 3.05) is 13.1 Å². The van der Waals surface area contributed by atoms with Crippen LogP contribution >= 0.6 is 15.9 Å². The van der Waals surface area contributed by atoms with E-state index >= 15 is 0 Å². The Labute approximate surface area is 122 Å². The fourth-order valence-corrected chi connectivity index (χ4v) is 2.93. The first-order valence-electron chi connectivity index (χ1n) is 6.63. The Morgan fingerprint density at radius 3 is 2.63 bits per heavy atom. The van der Waals surface area contributed by atoms with Crippen molar-refractivity contribution in [2.45, 2.75) is 38.6 Å². The lowest BCUT2D eigenvalue weighted by Gasteiger charge is -2.34. The third-order valence-electron chi connectivity index (χ3n) is 3.94. The average molecular weight is 328 g/mol. The quantitative estimate of drug-likeness (QED) is 0.842. The average Bonchev–Trinajstić information content (AvgIpc) is 2.88. The van der Waals surface area contributed by atoms with Gasteiger partial charge in [-0.1, -0.05) is 15.9 Å². The summed E-state index contributed by atoms with van der Waals surface area (Å²) in [5.74, 6) is -0.236. The van der Waals surface area contributed by atoms with Crippen LogP contribution in [0.3, 0.4) is 0 Å². The summed E-state index contributed by atoms with van der Waals surface area (Å²) in [5, 5.41) is 0. The third kappa shape index (κ3) is 3.23. The van der Waals surface area contributed by atoms with Gasteiger partial charge in [0.15, 0.2) is 5.78 Å². The Morgan fingerprint density at radius 2 is 2.00 bits per heavy atom. The number of hydrogen-bond acceptors (Lipinski definition) is 2. The zero-order valence-corrected chi connectivity index (χ0v) is 13.0. The van der Waals surface area contributed by atoms with Crippen LogP contribution in [0.25, 0.3) is 0 Å². The van der Waals surface area contributed by atoms with Gasteiger partial charge in [-0.2, -0.15) is 0 Å². The number of nitrogens with zero attached hydrogens (tertiary/aromatic N) is 1. The van der Waals surface area contributed by atoms with E-state index in [1.165, 1.54) is 6.07 Å². The summed E-state index contributed by atoms with van der Waals surface area (Å²) < 4.78 is 14.5. The third-order valence-corrected chi connectivity index (χ3v) is 4.43. The first-order valence-corrected chi connectivity index (χ1v) is 7.43. The molecule has 0 N–H and O–H groups in total. The number of benzene rings is 1. The van der Waals surface area contributed by atoms with Gasteiger partial charge in [-0.25, -0.2) is 4.39 Å². The highest BCUT2D eigenvalue weighted by Gasteiger charge is 2.35. The predicted molar refractivity (Wildman–Crippen MR) is 77.7 cm³/mol. The Balaban J connectivity index is 2.13. The van der Waals surface area contributed by atoms with Crippen molar-refractivity contribution >= 4 is 21.7 Å². The molecule has 4 heteroatoms. The van der Waals surface area contributed by atoms with Crippen LogP contribution in [0.1, 0.15) is 32.3 Å². The van der Waals surface area contributed by atoms with Gasteiger partial charge < -0.3 is 0 Å². The lowest BCUT2D eigenvalue weighted by Crippen LogP contribution is -2.49. The number of Topliss-reactive ketones (excluding diaryl/α,β-unsaturated/α-hetero) is 1. The maximum atomic E-state index is 13.7. The number of carbonyl (C=O) groups is 1. The molecule has 1 heterocycles. The highest BCUT2D eigenvalue weighted by Crippen LogP contribution is 2.24. The predicted octanol–water partition coefficient (Wildman–Crippen LogP) is 3.57. The van der Waals surface area contributed by atoms with E-state index in [1.807, 2.05) is 13.8 Å². The molecule has 0 amide bonds. The van der Waals surface area contributed by atoms with E-state index in [-0.39, 0.29) is 18.0 Å². The van der Waals surface area contributed by atoms with Crippen LogP contribution in [0.5, 0.6) is 0 Å². The SMILES string of the molecule is CC(C)(C(=O)Cc1cc(Br)ccc1F)N1CCCC1. The number of carbonyl (C=O) groups excluding carboxylic acids is 1. The second kappa shape index (κ2) is 5.71. The molecule has 0 aliphatic carbocycles. The second-order valence-corrected chi connectivity index (χ2v) is 6.50. The van der Waals surface area contributed by atoms with E-state index in [4.69, 9.17) is 0 Å². The maximum absolute atomic E-state index is 13.7. The Hall–Kier alpha value is -0.740.